The van der Waals surface area contributed by atoms with Crippen LogP contribution in [0.1, 0.15) is 66.0 Å². The molecule has 0 unspecified atom stereocenters. The Bertz CT molecular complexity index is 1930. The molecular formula is C53H81N2O13+. The molecule has 0 aliphatic carbocycles. The molecule has 0 spiro atoms. The summed E-state index contributed by atoms with van der Waals surface area (Å²) < 4.78 is 69.0. The van der Waals surface area contributed by atoms with Crippen LogP contribution in [-0.2, 0) is 63.0 Å². The molecule has 0 aromatic heterocycles. The first kappa shape index (κ1) is 56.4. The number of allylic oxidation sites excluding steroid dienone is 6. The fourth-order valence-corrected chi connectivity index (χ4v) is 7.82. The molecule has 0 bridgehead atoms. The molecule has 0 radical (unpaired) electrons. The number of nitrogens with zero attached hydrogens (tertiary/aromatic N) is 2. The molecule has 2 heterocycles. The average molecular weight is 954 g/mol. The van der Waals surface area contributed by atoms with Crippen molar-refractivity contribution in [3.05, 3.63) is 83.6 Å². The van der Waals surface area contributed by atoms with Crippen molar-refractivity contribution in [2.24, 2.45) is 0 Å². The summed E-state index contributed by atoms with van der Waals surface area (Å²) in [4.78, 5) is 13.9. The van der Waals surface area contributed by atoms with E-state index in [1.165, 1.54) is 33.9 Å². The second-order valence-corrected chi connectivity index (χ2v) is 18.3. The lowest BCUT2D eigenvalue weighted by Crippen LogP contribution is -2.26. The molecule has 15 heteroatoms. The van der Waals surface area contributed by atoms with Gasteiger partial charge in [-0.2, -0.15) is 4.58 Å². The Morgan fingerprint density at radius 2 is 1.04 bits per heavy atom. The molecule has 4 rings (SSSR count). The van der Waals surface area contributed by atoms with E-state index in [1.54, 1.807) is 7.11 Å². The number of likely N-dealkylation sites (N-methyl/N-ethyl adjacent to an activating group) is 1. The molecule has 0 atom stereocenters. The smallest absolute Gasteiger partial charge is 0.308 e. The molecule has 0 N–H and O–H groups in total. The third kappa shape index (κ3) is 19.0. The predicted molar refractivity (Wildman–Crippen MR) is 264 cm³/mol. The van der Waals surface area contributed by atoms with Gasteiger partial charge >= 0.3 is 5.97 Å². The minimum absolute atomic E-state index is 0.205. The van der Waals surface area contributed by atoms with Gasteiger partial charge in [0.05, 0.1) is 124 Å². The van der Waals surface area contributed by atoms with E-state index < -0.39 is 5.60 Å². The molecule has 2 aliphatic rings. The predicted octanol–water partition coefficient (Wildman–Crippen LogP) is 7.39. The second kappa shape index (κ2) is 29.8. The lowest BCUT2D eigenvalue weighted by molar-refractivity contribution is -0.401. The minimum atomic E-state index is -0.483. The summed E-state index contributed by atoms with van der Waals surface area (Å²) >= 11 is 0. The molecule has 2 aliphatic heterocycles. The van der Waals surface area contributed by atoms with E-state index in [0.29, 0.717) is 126 Å². The van der Waals surface area contributed by atoms with Crippen molar-refractivity contribution >= 4 is 23.1 Å². The highest BCUT2D eigenvalue weighted by Crippen LogP contribution is 2.48. The van der Waals surface area contributed by atoms with Crippen LogP contribution in [0.2, 0.25) is 0 Å². The zero-order valence-electron chi connectivity index (χ0n) is 42.7. The Morgan fingerprint density at radius 1 is 0.588 bits per heavy atom. The van der Waals surface area contributed by atoms with Crippen LogP contribution in [0.4, 0.5) is 11.4 Å². The molecule has 68 heavy (non-hydrogen) atoms. The zero-order valence-corrected chi connectivity index (χ0v) is 42.7. The van der Waals surface area contributed by atoms with Crippen LogP contribution in [0.5, 0.6) is 11.5 Å². The Labute approximate surface area is 406 Å². The number of methoxy groups -OCH3 is 1. The molecular weight excluding hydrogens is 873 g/mol. The minimum Gasteiger partial charge on any atom is -0.491 e. The van der Waals surface area contributed by atoms with Gasteiger partial charge in [-0.1, -0.05) is 32.1 Å². The monoisotopic (exact) mass is 954 g/mol. The SMILES string of the molecule is COCCOCCOCCOCCOc1ccc2c(c1)C(C)(C)C(C=C/C=C\C=C1\N(C)c3ccc(OCCOCCOCCOCCOCCOCCC(=O)OC(C)(C)C)cc3C1(C)C)=[N+]2C. The maximum absolute atomic E-state index is 11.7. The van der Waals surface area contributed by atoms with Crippen LogP contribution in [0.15, 0.2) is 72.5 Å². The molecule has 0 fully saturated rings. The summed E-state index contributed by atoms with van der Waals surface area (Å²) in [5.74, 6) is 1.38. The molecule has 2 aromatic rings. The molecule has 2 aromatic carbocycles. The van der Waals surface area contributed by atoms with Gasteiger partial charge in [0.2, 0.25) is 5.69 Å². The van der Waals surface area contributed by atoms with Gasteiger partial charge in [-0.15, -0.1) is 0 Å². The number of hydrogen-bond donors (Lipinski definition) is 0. The largest absolute Gasteiger partial charge is 0.491 e. The van der Waals surface area contributed by atoms with Gasteiger partial charge in [-0.05, 0) is 76.6 Å². The van der Waals surface area contributed by atoms with Gasteiger partial charge in [-0.25, -0.2) is 0 Å². The highest BCUT2D eigenvalue weighted by atomic mass is 16.6. The van der Waals surface area contributed by atoms with E-state index in [0.717, 1.165) is 11.5 Å². The maximum atomic E-state index is 11.7. The third-order valence-electron chi connectivity index (χ3n) is 11.3. The summed E-state index contributed by atoms with van der Waals surface area (Å²) in [5.41, 5.74) is 6.30. The number of anilines is 1. The Hall–Kier alpha value is -4.16. The van der Waals surface area contributed by atoms with Gasteiger partial charge in [0.1, 0.15) is 37.4 Å². The Kier molecular flexibility index (Phi) is 24.7. The number of esters is 1. The van der Waals surface area contributed by atoms with Crippen molar-refractivity contribution in [1.82, 2.24) is 0 Å². The molecule has 15 nitrogen and oxygen atoms in total. The van der Waals surface area contributed by atoms with Gasteiger partial charge in [0.25, 0.3) is 0 Å². The van der Waals surface area contributed by atoms with Gasteiger partial charge in [-0.3, -0.25) is 4.79 Å². The fourth-order valence-electron chi connectivity index (χ4n) is 7.82. The third-order valence-corrected chi connectivity index (χ3v) is 11.3. The normalized spacial score (nSPS) is 15.9. The standard InChI is InChI=1S/C53H81N2O13/c1-51(2,3)68-50(56)20-21-58-24-25-60-28-29-62-30-31-63-33-35-65-37-39-67-43-17-19-47-45(41-43)53(6,7)49(55(47)9)15-13-11-12-14-48-52(4,5)44-40-42(16-18-46(44)54(48)8)66-38-36-64-34-32-61-27-26-59-23-22-57-10/h11-19,40-41H,20-39H2,1-10H3/q+1. The number of carbonyl (C=O) groups is 1. The first-order chi connectivity index (χ1) is 32.7. The van der Waals surface area contributed by atoms with Crippen LogP contribution in [0, 0.1) is 0 Å². The lowest BCUT2D eigenvalue weighted by Gasteiger charge is -2.23. The van der Waals surface area contributed by atoms with Crippen molar-refractivity contribution in [1.29, 1.82) is 0 Å². The number of ether oxygens (including phenoxy) is 12. The lowest BCUT2D eigenvalue weighted by atomic mass is 9.81. The van der Waals surface area contributed by atoms with Crippen LogP contribution in [0.25, 0.3) is 0 Å². The summed E-state index contributed by atoms with van der Waals surface area (Å²) in [5, 5.41) is 0. The highest BCUT2D eigenvalue weighted by molar-refractivity contribution is 6.03. The molecule has 0 saturated carbocycles. The maximum Gasteiger partial charge on any atom is 0.308 e. The quantitative estimate of drug-likeness (QED) is 0.0294. The van der Waals surface area contributed by atoms with Crippen molar-refractivity contribution in [3.8, 4) is 11.5 Å². The Morgan fingerprint density at radius 3 is 1.54 bits per heavy atom. The Balaban J connectivity index is 1.08. The van der Waals surface area contributed by atoms with Crippen LogP contribution in [-0.4, -0.2) is 169 Å². The van der Waals surface area contributed by atoms with Crippen molar-refractivity contribution in [2.45, 2.75) is 71.3 Å². The number of hydrogen-bond acceptors (Lipinski definition) is 14. The summed E-state index contributed by atoms with van der Waals surface area (Å²) in [6.07, 6.45) is 11.0. The van der Waals surface area contributed by atoms with E-state index in [9.17, 15) is 4.79 Å². The number of rotatable bonds is 35. The van der Waals surface area contributed by atoms with E-state index in [4.69, 9.17) is 56.8 Å². The molecule has 0 saturated heterocycles. The second-order valence-electron chi connectivity index (χ2n) is 18.3. The fraction of sp³-hybridized carbons (Fsp3) is 0.623. The first-order valence-electron chi connectivity index (χ1n) is 23.9. The van der Waals surface area contributed by atoms with Crippen LogP contribution in [0.3, 0.4) is 0 Å². The van der Waals surface area contributed by atoms with E-state index in [1.807, 2.05) is 32.9 Å². The number of benzene rings is 2. The van der Waals surface area contributed by atoms with E-state index >= 15 is 0 Å². The zero-order chi connectivity index (χ0) is 49.3. The van der Waals surface area contributed by atoms with Crippen molar-refractivity contribution in [3.63, 3.8) is 0 Å². The first-order valence-corrected chi connectivity index (χ1v) is 23.9. The highest BCUT2D eigenvalue weighted by Gasteiger charge is 2.43. The van der Waals surface area contributed by atoms with E-state index in [-0.39, 0.29) is 23.2 Å². The van der Waals surface area contributed by atoms with Gasteiger partial charge in [0.15, 0.2) is 5.71 Å². The van der Waals surface area contributed by atoms with Crippen molar-refractivity contribution < 1.29 is 66.2 Å². The summed E-state index contributed by atoms with van der Waals surface area (Å²) in [7, 11) is 5.89. The number of fused-ring (bicyclic) bond motifs is 2. The topological polar surface area (TPSA) is 134 Å². The molecule has 380 valence electrons. The van der Waals surface area contributed by atoms with Gasteiger partial charge < -0.3 is 61.7 Å². The summed E-state index contributed by atoms with van der Waals surface area (Å²) in [6.45, 7) is 23.6. The average Bonchev–Trinajstić information content (AvgIpc) is 3.60. The molecule has 0 amide bonds. The van der Waals surface area contributed by atoms with Crippen LogP contribution >= 0.6 is 0 Å². The van der Waals surface area contributed by atoms with Crippen LogP contribution < -0.4 is 14.4 Å². The van der Waals surface area contributed by atoms with E-state index in [2.05, 4.69) is 106 Å². The van der Waals surface area contributed by atoms with Gasteiger partial charge in [0, 0.05) is 48.7 Å². The van der Waals surface area contributed by atoms with Crippen molar-refractivity contribution in [2.75, 3.05) is 152 Å². The summed E-state index contributed by atoms with van der Waals surface area (Å²) in [6, 6.07) is 12.6. The number of carbonyl (C=O) groups excluding carboxylic acids is 1.